The molecule has 0 bridgehead atoms. The summed E-state index contributed by atoms with van der Waals surface area (Å²) in [6, 6.07) is -21.3. The molecule has 4 nitrogen and oxygen atoms in total. The Morgan fingerprint density at radius 2 is 0.643 bits per heavy atom. The minimum absolute atomic E-state index is 0.578. The minimum Gasteiger partial charge on any atom is -0.315 e. The SMILES string of the molecule is CCOC(F)(F)C(F)(F)N(C(F)(F)C(F)(F)OCC)C(F)(F)C(F)(F)OCC. The van der Waals surface area contributed by atoms with E-state index in [-0.39, 0.29) is 0 Å². The first-order valence-corrected chi connectivity index (χ1v) is 7.29. The van der Waals surface area contributed by atoms with Gasteiger partial charge in [0.25, 0.3) is 0 Å². The van der Waals surface area contributed by atoms with Crippen molar-refractivity contribution in [1.29, 1.82) is 0 Å². The molecule has 0 heterocycles. The third-order valence-corrected chi connectivity index (χ3v) is 2.87. The van der Waals surface area contributed by atoms with Gasteiger partial charge in [-0.2, -0.15) is 52.7 Å². The predicted molar refractivity (Wildman–Crippen MR) is 66.4 cm³/mol. The van der Waals surface area contributed by atoms with Crippen LogP contribution in [-0.2, 0) is 14.2 Å². The van der Waals surface area contributed by atoms with E-state index in [0.717, 1.165) is 0 Å². The monoisotopic (exact) mass is 449 g/mol. The fraction of sp³-hybridized carbons (Fsp3) is 1.00. The molecule has 0 rings (SSSR count). The van der Waals surface area contributed by atoms with Gasteiger partial charge in [0.2, 0.25) is 0 Å². The summed E-state index contributed by atoms with van der Waals surface area (Å²) in [5, 5.41) is 0. The Kier molecular flexibility index (Phi) is 8.09. The molecule has 0 fully saturated rings. The third-order valence-electron chi connectivity index (χ3n) is 2.87. The Bertz CT molecular complexity index is 443. The Hall–Kier alpha value is -1.00. The second-order valence-corrected chi connectivity index (χ2v) is 4.81. The molecule has 0 spiro atoms. The molecule has 170 valence electrons. The molecule has 0 radical (unpaired) electrons. The molecule has 0 aliphatic rings. The maximum atomic E-state index is 13.9. The van der Waals surface area contributed by atoms with Crippen LogP contribution < -0.4 is 0 Å². The van der Waals surface area contributed by atoms with Crippen LogP contribution in [-0.4, -0.2) is 61.2 Å². The summed E-state index contributed by atoms with van der Waals surface area (Å²) in [5.74, 6) is 0. The zero-order valence-electron chi connectivity index (χ0n) is 14.3. The Labute approximate surface area is 150 Å². The van der Waals surface area contributed by atoms with Crippen LogP contribution in [0.5, 0.6) is 0 Å². The standard InChI is InChI=1S/C12H15F12NO3/c1-4-26-10(19,20)7(13,14)25(8(15,16)11(21,22)27-5-2)9(17,18)12(23,24)28-6-3/h4-6H2,1-3H3. The van der Waals surface area contributed by atoms with Gasteiger partial charge in [-0.3, -0.25) is 0 Å². The molecule has 0 aliphatic carbocycles. The summed E-state index contributed by atoms with van der Waals surface area (Å²) < 4.78 is 173. The number of hydrogen-bond acceptors (Lipinski definition) is 4. The van der Waals surface area contributed by atoms with Gasteiger partial charge in [-0.15, -0.1) is 0 Å². The molecule has 0 unspecified atom stereocenters. The van der Waals surface area contributed by atoms with Crippen molar-refractivity contribution in [3.8, 4) is 0 Å². The molecule has 0 N–H and O–H groups in total. The maximum absolute atomic E-state index is 13.9. The molecule has 0 aliphatic heterocycles. The fourth-order valence-electron chi connectivity index (χ4n) is 1.72. The lowest BCUT2D eigenvalue weighted by molar-refractivity contribution is -0.534. The fourth-order valence-corrected chi connectivity index (χ4v) is 1.72. The van der Waals surface area contributed by atoms with E-state index in [1.54, 1.807) is 0 Å². The van der Waals surface area contributed by atoms with Gasteiger partial charge in [-0.25, -0.2) is 0 Å². The molecule has 0 aromatic heterocycles. The van der Waals surface area contributed by atoms with E-state index in [4.69, 9.17) is 0 Å². The first kappa shape index (κ1) is 27.0. The third kappa shape index (κ3) is 4.59. The molecular formula is C12H15F12NO3. The van der Waals surface area contributed by atoms with Gasteiger partial charge in [-0.05, 0) is 20.8 Å². The first-order valence-electron chi connectivity index (χ1n) is 7.29. The lowest BCUT2D eigenvalue weighted by Gasteiger charge is -2.45. The molecule has 16 heteroatoms. The normalized spacial score (nSPS) is 15.4. The number of hydrogen-bond donors (Lipinski definition) is 0. The van der Waals surface area contributed by atoms with Crippen LogP contribution in [0, 0.1) is 0 Å². The number of halogens is 12. The van der Waals surface area contributed by atoms with Gasteiger partial charge in [0.15, 0.2) is 0 Å². The van der Waals surface area contributed by atoms with Crippen molar-refractivity contribution in [1.82, 2.24) is 4.90 Å². The highest BCUT2D eigenvalue weighted by Gasteiger charge is 2.84. The molecular weight excluding hydrogens is 434 g/mol. The van der Waals surface area contributed by atoms with Crippen molar-refractivity contribution in [3.63, 3.8) is 0 Å². The van der Waals surface area contributed by atoms with Crippen molar-refractivity contribution < 1.29 is 66.9 Å². The van der Waals surface area contributed by atoms with Crippen LogP contribution in [0.3, 0.4) is 0 Å². The lowest BCUT2D eigenvalue weighted by atomic mass is 10.2. The number of rotatable bonds is 12. The van der Waals surface area contributed by atoms with Crippen molar-refractivity contribution in [2.45, 2.75) is 57.2 Å². The molecule has 0 saturated heterocycles. The first-order chi connectivity index (χ1) is 12.3. The van der Waals surface area contributed by atoms with Gasteiger partial charge >= 0.3 is 36.5 Å². The topological polar surface area (TPSA) is 30.9 Å². The zero-order chi connectivity index (χ0) is 22.8. The Morgan fingerprint density at radius 1 is 0.464 bits per heavy atom. The molecule has 0 aromatic carbocycles. The Balaban J connectivity index is 6.82. The summed E-state index contributed by atoms with van der Waals surface area (Å²) in [6.07, 6.45) is -19.0. The van der Waals surface area contributed by atoms with E-state index in [1.807, 2.05) is 0 Å². The molecule has 0 amide bonds. The van der Waals surface area contributed by atoms with Crippen molar-refractivity contribution in [3.05, 3.63) is 0 Å². The van der Waals surface area contributed by atoms with Gasteiger partial charge in [0.05, 0.1) is 19.8 Å². The summed E-state index contributed by atoms with van der Waals surface area (Å²) in [5.41, 5.74) is 0. The van der Waals surface area contributed by atoms with E-state index in [1.165, 1.54) is 0 Å². The van der Waals surface area contributed by atoms with Gasteiger partial charge < -0.3 is 14.2 Å². The molecule has 0 atom stereocenters. The average molecular weight is 449 g/mol. The second-order valence-electron chi connectivity index (χ2n) is 4.81. The quantitative estimate of drug-likeness (QED) is 0.312. The smallest absolute Gasteiger partial charge is 0.315 e. The van der Waals surface area contributed by atoms with E-state index in [2.05, 4.69) is 14.2 Å². The summed E-state index contributed by atoms with van der Waals surface area (Å²) in [4.78, 5) is -3.66. The van der Waals surface area contributed by atoms with Crippen LogP contribution in [0.4, 0.5) is 52.7 Å². The summed E-state index contributed by atoms with van der Waals surface area (Å²) in [6.45, 7) is -2.53. The number of ether oxygens (including phenoxy) is 3. The molecule has 28 heavy (non-hydrogen) atoms. The molecule has 0 saturated carbocycles. The largest absolute Gasteiger partial charge is 0.435 e. The van der Waals surface area contributed by atoms with Crippen molar-refractivity contribution >= 4 is 0 Å². The Morgan fingerprint density at radius 3 is 0.786 bits per heavy atom. The number of alkyl halides is 12. The van der Waals surface area contributed by atoms with Crippen molar-refractivity contribution in [2.24, 2.45) is 0 Å². The molecule has 0 aromatic rings. The highest BCUT2D eigenvalue weighted by Crippen LogP contribution is 2.55. The zero-order valence-corrected chi connectivity index (χ0v) is 14.3. The second kappa shape index (κ2) is 8.39. The maximum Gasteiger partial charge on any atom is 0.435 e. The predicted octanol–water partition coefficient (Wildman–Crippen LogP) is 4.95. The summed E-state index contributed by atoms with van der Waals surface area (Å²) >= 11 is 0. The van der Waals surface area contributed by atoms with Gasteiger partial charge in [0, 0.05) is 0 Å². The lowest BCUT2D eigenvalue weighted by Crippen LogP contribution is -2.75. The average Bonchev–Trinajstić information content (AvgIpc) is 2.45. The highest BCUT2D eigenvalue weighted by molar-refractivity contribution is 4.95. The van der Waals surface area contributed by atoms with E-state index < -0.39 is 61.2 Å². The van der Waals surface area contributed by atoms with Crippen molar-refractivity contribution in [2.75, 3.05) is 19.8 Å². The number of nitrogens with zero attached hydrogens (tertiary/aromatic N) is 1. The van der Waals surface area contributed by atoms with Crippen LogP contribution in [0.1, 0.15) is 20.8 Å². The van der Waals surface area contributed by atoms with Crippen LogP contribution in [0.25, 0.3) is 0 Å². The van der Waals surface area contributed by atoms with Crippen LogP contribution in [0.15, 0.2) is 0 Å². The van der Waals surface area contributed by atoms with E-state index in [9.17, 15) is 52.7 Å². The summed E-state index contributed by atoms with van der Waals surface area (Å²) in [7, 11) is 0. The van der Waals surface area contributed by atoms with Gasteiger partial charge in [-0.1, -0.05) is 4.90 Å². The highest BCUT2D eigenvalue weighted by atomic mass is 19.4. The van der Waals surface area contributed by atoms with Gasteiger partial charge in [0.1, 0.15) is 0 Å². The van der Waals surface area contributed by atoms with E-state index in [0.29, 0.717) is 20.8 Å². The van der Waals surface area contributed by atoms with Crippen LogP contribution >= 0.6 is 0 Å². The van der Waals surface area contributed by atoms with Crippen LogP contribution in [0.2, 0.25) is 0 Å². The minimum atomic E-state index is -7.10. The van der Waals surface area contributed by atoms with E-state index >= 15 is 0 Å².